The highest BCUT2D eigenvalue weighted by Crippen LogP contribution is 2.44. The van der Waals surface area contributed by atoms with Crippen LogP contribution in [-0.4, -0.2) is 5.97 Å². The van der Waals surface area contributed by atoms with Crippen molar-refractivity contribution in [3.8, 4) is 0 Å². The van der Waals surface area contributed by atoms with Crippen LogP contribution in [0.5, 0.6) is 0 Å². The zero-order valence-corrected chi connectivity index (χ0v) is 16.8. The highest BCUT2D eigenvalue weighted by molar-refractivity contribution is 5.68. The number of rotatable bonds is 3. The number of carbonyl (C=O) groups excluding carboxylic acids is 1. The third-order valence-electron chi connectivity index (χ3n) is 4.62. The van der Waals surface area contributed by atoms with Crippen LogP contribution in [0, 0.1) is 0 Å². The predicted molar refractivity (Wildman–Crippen MR) is 91.1 cm³/mol. The number of halogens is 12. The van der Waals surface area contributed by atoms with Crippen LogP contribution >= 0.6 is 0 Å². The zero-order valence-electron chi connectivity index (χ0n) is 16.8. The molecule has 0 spiro atoms. The molecule has 0 aliphatic carbocycles. The first-order valence-electron chi connectivity index (χ1n) is 8.84. The number of ether oxygens (including phenoxy) is 1. The number of hydrogen-bond donors (Lipinski definition) is 0. The molecule has 0 aromatic heterocycles. The first-order chi connectivity index (χ1) is 15.0. The van der Waals surface area contributed by atoms with Crippen LogP contribution in [0.1, 0.15) is 47.2 Å². The maximum atomic E-state index is 13.3. The molecule has 0 aliphatic heterocycles. The van der Waals surface area contributed by atoms with Gasteiger partial charge in [-0.15, -0.1) is 0 Å². The molecular weight excluding hydrogens is 500 g/mol. The Bertz CT molecular complexity index is 935. The Hall–Kier alpha value is -2.93. The molecule has 14 heteroatoms. The van der Waals surface area contributed by atoms with E-state index in [2.05, 4.69) is 0 Å². The van der Waals surface area contributed by atoms with Gasteiger partial charge in [0.25, 0.3) is 0 Å². The molecule has 2 nitrogen and oxygen atoms in total. The van der Waals surface area contributed by atoms with Crippen molar-refractivity contribution < 1.29 is 62.2 Å². The van der Waals surface area contributed by atoms with Crippen LogP contribution in [-0.2, 0) is 39.8 Å². The average molecular weight is 512 g/mol. The van der Waals surface area contributed by atoms with Gasteiger partial charge in [-0.2, -0.15) is 52.7 Å². The standard InChI is InChI=1S/C20H12F12O2/c1-9(33)34-16(2,10-3-12(17(21,22)23)7-13(4-10)18(24,25)26)11-5-14(19(27,28)29)8-15(6-11)20(30,31)32/h3-8H,1-2H3. The van der Waals surface area contributed by atoms with Gasteiger partial charge in [-0.25, -0.2) is 0 Å². The molecule has 0 saturated carbocycles. The SMILES string of the molecule is CC(=O)OC(C)(c1cc(C(F)(F)F)cc(C(F)(F)F)c1)c1cc(C(F)(F)F)cc(C(F)(F)F)c1. The first kappa shape index (κ1) is 27.3. The van der Waals surface area contributed by atoms with Gasteiger partial charge >= 0.3 is 30.7 Å². The molecule has 0 amide bonds. The lowest BCUT2D eigenvalue weighted by Crippen LogP contribution is -2.32. The second kappa shape index (κ2) is 8.38. The molecular formula is C20H12F12O2. The minimum absolute atomic E-state index is 0.0473. The molecule has 0 aliphatic rings. The lowest BCUT2D eigenvalue weighted by Gasteiger charge is -2.32. The molecule has 0 unspecified atom stereocenters. The summed E-state index contributed by atoms with van der Waals surface area (Å²) < 4.78 is 164. The quantitative estimate of drug-likeness (QED) is 0.313. The minimum atomic E-state index is -5.39. The van der Waals surface area contributed by atoms with Crippen molar-refractivity contribution in [2.45, 2.75) is 44.2 Å². The Morgan fingerprint density at radius 3 is 0.912 bits per heavy atom. The monoisotopic (exact) mass is 512 g/mol. The van der Waals surface area contributed by atoms with Gasteiger partial charge in [0.05, 0.1) is 22.3 Å². The molecule has 0 radical (unpaired) electrons. The fourth-order valence-corrected chi connectivity index (χ4v) is 3.03. The summed E-state index contributed by atoms with van der Waals surface area (Å²) in [5.74, 6) is -1.40. The Morgan fingerprint density at radius 1 is 0.529 bits per heavy atom. The average Bonchev–Trinajstić information content (AvgIpc) is 2.64. The topological polar surface area (TPSA) is 26.3 Å². The van der Waals surface area contributed by atoms with Crippen molar-refractivity contribution in [1.29, 1.82) is 0 Å². The molecule has 0 N–H and O–H groups in total. The summed E-state index contributed by atoms with van der Waals surface area (Å²) in [6, 6.07) is -0.412. The van der Waals surface area contributed by atoms with Crippen molar-refractivity contribution in [3.63, 3.8) is 0 Å². The lowest BCUT2D eigenvalue weighted by atomic mass is 9.84. The van der Waals surface area contributed by atoms with Crippen molar-refractivity contribution >= 4 is 5.97 Å². The normalized spacial score (nSPS) is 13.7. The van der Waals surface area contributed by atoms with Gasteiger partial charge in [-0.3, -0.25) is 4.79 Å². The highest BCUT2D eigenvalue weighted by Gasteiger charge is 2.44. The molecule has 0 saturated heterocycles. The van der Waals surface area contributed by atoms with Gasteiger partial charge < -0.3 is 4.74 Å². The Labute approximate surface area is 183 Å². The highest BCUT2D eigenvalue weighted by atomic mass is 19.4. The van der Waals surface area contributed by atoms with Gasteiger partial charge in [0.1, 0.15) is 0 Å². The van der Waals surface area contributed by atoms with E-state index in [1.54, 1.807) is 0 Å². The fraction of sp³-hybridized carbons (Fsp3) is 0.350. The number of carbonyl (C=O) groups is 1. The summed E-state index contributed by atoms with van der Waals surface area (Å²) in [6.07, 6.45) is -21.6. The van der Waals surface area contributed by atoms with E-state index < -0.39 is 69.7 Å². The van der Waals surface area contributed by atoms with Gasteiger partial charge in [0.15, 0.2) is 5.60 Å². The largest absolute Gasteiger partial charge is 0.450 e. The molecule has 2 aromatic rings. The summed E-state index contributed by atoms with van der Waals surface area (Å²) >= 11 is 0. The van der Waals surface area contributed by atoms with Gasteiger partial charge in [-0.1, -0.05) is 0 Å². The van der Waals surface area contributed by atoms with E-state index in [-0.39, 0.29) is 36.4 Å². The van der Waals surface area contributed by atoms with E-state index in [0.717, 1.165) is 0 Å². The molecule has 34 heavy (non-hydrogen) atoms. The number of hydrogen-bond acceptors (Lipinski definition) is 2. The second-order valence-corrected chi connectivity index (χ2v) is 7.22. The van der Waals surface area contributed by atoms with Crippen LogP contribution in [0.4, 0.5) is 52.7 Å². The number of benzene rings is 2. The maximum Gasteiger partial charge on any atom is 0.416 e. The second-order valence-electron chi connectivity index (χ2n) is 7.22. The van der Waals surface area contributed by atoms with Gasteiger partial charge in [-0.05, 0) is 43.3 Å². The van der Waals surface area contributed by atoms with Crippen LogP contribution < -0.4 is 0 Å². The molecule has 2 aromatic carbocycles. The van der Waals surface area contributed by atoms with E-state index in [9.17, 15) is 57.5 Å². The number of alkyl halides is 12. The Kier molecular flexibility index (Phi) is 6.73. The molecule has 2 rings (SSSR count). The predicted octanol–water partition coefficient (Wildman–Crippen LogP) is 7.59. The smallest absolute Gasteiger partial charge is 0.416 e. The Morgan fingerprint density at radius 2 is 0.735 bits per heavy atom. The van der Waals surface area contributed by atoms with Crippen LogP contribution in [0.25, 0.3) is 0 Å². The van der Waals surface area contributed by atoms with E-state index in [4.69, 9.17) is 4.74 Å². The third kappa shape index (κ3) is 5.95. The number of esters is 1. The van der Waals surface area contributed by atoms with Gasteiger partial charge in [0.2, 0.25) is 0 Å². The fourth-order valence-electron chi connectivity index (χ4n) is 3.03. The lowest BCUT2D eigenvalue weighted by molar-refractivity contribution is -0.152. The summed E-state index contributed by atoms with van der Waals surface area (Å²) in [5.41, 5.74) is -12.9. The van der Waals surface area contributed by atoms with Crippen molar-refractivity contribution in [1.82, 2.24) is 0 Å². The summed E-state index contributed by atoms with van der Waals surface area (Å²) in [7, 11) is 0. The van der Waals surface area contributed by atoms with Crippen molar-refractivity contribution in [2.24, 2.45) is 0 Å². The summed E-state index contributed by atoms with van der Waals surface area (Å²) in [4.78, 5) is 11.6. The maximum absolute atomic E-state index is 13.3. The molecule has 0 heterocycles. The van der Waals surface area contributed by atoms with Crippen LogP contribution in [0.15, 0.2) is 36.4 Å². The van der Waals surface area contributed by atoms with Crippen molar-refractivity contribution in [3.05, 3.63) is 69.8 Å². The first-order valence-corrected chi connectivity index (χ1v) is 8.84. The molecule has 0 fully saturated rings. The third-order valence-corrected chi connectivity index (χ3v) is 4.62. The molecule has 0 atom stereocenters. The Balaban J connectivity index is 2.99. The minimum Gasteiger partial charge on any atom is -0.450 e. The molecule has 0 bridgehead atoms. The zero-order chi connectivity index (χ0) is 26.5. The summed E-state index contributed by atoms with van der Waals surface area (Å²) in [6.45, 7) is 1.20. The summed E-state index contributed by atoms with van der Waals surface area (Å²) in [5, 5.41) is 0. The van der Waals surface area contributed by atoms with Crippen LogP contribution in [0.3, 0.4) is 0 Å². The van der Waals surface area contributed by atoms with E-state index in [1.165, 1.54) is 0 Å². The van der Waals surface area contributed by atoms with E-state index >= 15 is 0 Å². The van der Waals surface area contributed by atoms with E-state index in [0.29, 0.717) is 13.8 Å². The van der Waals surface area contributed by atoms with Gasteiger partial charge in [0, 0.05) is 18.1 Å². The van der Waals surface area contributed by atoms with Crippen molar-refractivity contribution in [2.75, 3.05) is 0 Å². The molecule has 188 valence electrons. The van der Waals surface area contributed by atoms with Crippen LogP contribution in [0.2, 0.25) is 0 Å². The van der Waals surface area contributed by atoms with E-state index in [1.807, 2.05) is 0 Å².